The van der Waals surface area contributed by atoms with Crippen molar-refractivity contribution in [2.75, 3.05) is 19.6 Å². The normalized spacial score (nSPS) is 17.4. The second-order valence-electron chi connectivity index (χ2n) is 6.96. The maximum Gasteiger partial charge on any atom is 0.317 e. The summed E-state index contributed by atoms with van der Waals surface area (Å²) in [6, 6.07) is 10.3. The highest BCUT2D eigenvalue weighted by Gasteiger charge is 2.25. The molecule has 0 unspecified atom stereocenters. The number of nitrogens with zero attached hydrogens (tertiary/aromatic N) is 2. The summed E-state index contributed by atoms with van der Waals surface area (Å²) < 4.78 is 0. The maximum absolute atomic E-state index is 11.0. The average molecular weight is 369 g/mol. The molecule has 1 aromatic carbocycles. The second-order valence-corrected chi connectivity index (χ2v) is 7.40. The third-order valence-electron chi connectivity index (χ3n) is 5.30. The first kappa shape index (κ1) is 17.3. The number of aryl methyl sites for hydroxylation is 2. The molecule has 1 fully saturated rings. The van der Waals surface area contributed by atoms with Crippen molar-refractivity contribution >= 4 is 23.1 Å². The van der Waals surface area contributed by atoms with Gasteiger partial charge in [-0.05, 0) is 60.6 Å². The van der Waals surface area contributed by atoms with Gasteiger partial charge in [-0.15, -0.1) is 0 Å². The number of rotatable bonds is 2. The summed E-state index contributed by atoms with van der Waals surface area (Å²) in [7, 11) is 0. The van der Waals surface area contributed by atoms with Crippen LogP contribution in [0.4, 0.5) is 0 Å². The highest BCUT2D eigenvalue weighted by Crippen LogP contribution is 2.38. The minimum absolute atomic E-state index is 0.115. The van der Waals surface area contributed by atoms with E-state index in [-0.39, 0.29) is 6.54 Å². The molecule has 1 aromatic heterocycles. The van der Waals surface area contributed by atoms with E-state index in [2.05, 4.69) is 18.2 Å². The third-order valence-corrected chi connectivity index (χ3v) is 5.54. The molecule has 4 rings (SSSR count). The highest BCUT2D eigenvalue weighted by atomic mass is 35.5. The standard InChI is InChI=1S/C21H21ClN2O2/c22-17-5-6-18-16(12-17)4-3-15-2-1-9-23-21(15)20(18)14-7-10-24(11-8-14)13-19(25)26/h1-2,5-6,9,12H,3-4,7-8,10-11,13H2,(H,25,26). The fourth-order valence-corrected chi connectivity index (χ4v) is 4.25. The van der Waals surface area contributed by atoms with E-state index in [0.717, 1.165) is 49.5 Å². The fourth-order valence-electron chi connectivity index (χ4n) is 4.06. The monoisotopic (exact) mass is 368 g/mol. The van der Waals surface area contributed by atoms with E-state index in [0.29, 0.717) is 0 Å². The van der Waals surface area contributed by atoms with Crippen molar-refractivity contribution in [1.82, 2.24) is 9.88 Å². The molecular weight excluding hydrogens is 348 g/mol. The zero-order valence-electron chi connectivity index (χ0n) is 14.5. The number of carboxylic acid groups (broad SMARTS) is 1. The summed E-state index contributed by atoms with van der Waals surface area (Å²) in [5.41, 5.74) is 7.46. The first-order chi connectivity index (χ1) is 12.6. The molecular formula is C21H21ClN2O2. The van der Waals surface area contributed by atoms with Crippen LogP contribution in [0.3, 0.4) is 0 Å². The van der Waals surface area contributed by atoms with Gasteiger partial charge in [0.15, 0.2) is 0 Å². The summed E-state index contributed by atoms with van der Waals surface area (Å²) in [5, 5.41) is 9.79. The Hall–Kier alpha value is -2.17. The molecule has 26 heavy (non-hydrogen) atoms. The smallest absolute Gasteiger partial charge is 0.317 e. The quantitative estimate of drug-likeness (QED) is 0.875. The van der Waals surface area contributed by atoms with Gasteiger partial charge in [-0.25, -0.2) is 0 Å². The molecule has 0 bridgehead atoms. The van der Waals surface area contributed by atoms with Crippen LogP contribution in [0.25, 0.3) is 5.57 Å². The van der Waals surface area contributed by atoms with Crippen LogP contribution in [0.2, 0.25) is 5.02 Å². The van der Waals surface area contributed by atoms with E-state index < -0.39 is 5.97 Å². The molecule has 0 saturated carbocycles. The number of aromatic nitrogens is 1. The van der Waals surface area contributed by atoms with Gasteiger partial charge in [-0.3, -0.25) is 14.7 Å². The molecule has 134 valence electrons. The molecule has 1 aliphatic carbocycles. The average Bonchev–Trinajstić information content (AvgIpc) is 2.79. The van der Waals surface area contributed by atoms with Gasteiger partial charge >= 0.3 is 5.97 Å². The van der Waals surface area contributed by atoms with Crippen molar-refractivity contribution in [3.05, 3.63) is 69.5 Å². The van der Waals surface area contributed by atoms with Crippen LogP contribution < -0.4 is 0 Å². The number of hydrogen-bond donors (Lipinski definition) is 1. The van der Waals surface area contributed by atoms with Crippen molar-refractivity contribution in [3.63, 3.8) is 0 Å². The van der Waals surface area contributed by atoms with E-state index in [4.69, 9.17) is 21.7 Å². The Labute approximate surface area is 158 Å². The van der Waals surface area contributed by atoms with E-state index in [1.165, 1.54) is 27.8 Å². The summed E-state index contributed by atoms with van der Waals surface area (Å²) in [5.74, 6) is -0.762. The number of piperidine rings is 1. The van der Waals surface area contributed by atoms with Gasteiger partial charge in [-0.2, -0.15) is 0 Å². The van der Waals surface area contributed by atoms with Crippen molar-refractivity contribution in [1.29, 1.82) is 0 Å². The lowest BCUT2D eigenvalue weighted by atomic mass is 9.88. The van der Waals surface area contributed by atoms with Crippen LogP contribution in [-0.2, 0) is 17.6 Å². The Morgan fingerprint density at radius 1 is 1.12 bits per heavy atom. The number of aliphatic carboxylic acids is 1. The number of fused-ring (bicyclic) bond motifs is 2. The number of pyridine rings is 1. The molecule has 0 spiro atoms. The number of hydrogen-bond acceptors (Lipinski definition) is 3. The fraction of sp³-hybridized carbons (Fsp3) is 0.333. The Balaban J connectivity index is 1.78. The second kappa shape index (κ2) is 7.22. The van der Waals surface area contributed by atoms with Crippen LogP contribution in [0.15, 0.2) is 42.1 Å². The predicted octanol–water partition coefficient (Wildman–Crippen LogP) is 3.82. The molecule has 2 heterocycles. The molecule has 4 nitrogen and oxygen atoms in total. The Morgan fingerprint density at radius 3 is 2.65 bits per heavy atom. The van der Waals surface area contributed by atoms with E-state index in [1.54, 1.807) is 0 Å². The molecule has 0 radical (unpaired) electrons. The van der Waals surface area contributed by atoms with Gasteiger partial charge in [0.05, 0.1) is 12.2 Å². The van der Waals surface area contributed by atoms with Gasteiger partial charge in [0.1, 0.15) is 0 Å². The van der Waals surface area contributed by atoms with Crippen LogP contribution >= 0.6 is 11.6 Å². The van der Waals surface area contributed by atoms with Crippen molar-refractivity contribution < 1.29 is 9.90 Å². The Morgan fingerprint density at radius 2 is 1.88 bits per heavy atom. The number of likely N-dealkylation sites (tertiary alicyclic amines) is 1. The number of benzene rings is 1. The van der Waals surface area contributed by atoms with Crippen LogP contribution in [-0.4, -0.2) is 40.6 Å². The third kappa shape index (κ3) is 3.39. The van der Waals surface area contributed by atoms with Gasteiger partial charge in [0, 0.05) is 29.9 Å². The largest absolute Gasteiger partial charge is 0.480 e. The summed E-state index contributed by atoms with van der Waals surface area (Å²) in [6.07, 6.45) is 5.52. The minimum atomic E-state index is -0.762. The molecule has 2 aromatic rings. The SMILES string of the molecule is O=C(O)CN1CCC(=C2c3ccc(Cl)cc3CCc3cccnc32)CC1. The zero-order chi connectivity index (χ0) is 18.1. The molecule has 1 aliphatic heterocycles. The molecule has 0 amide bonds. The Bertz CT molecular complexity index is 881. The predicted molar refractivity (Wildman–Crippen MR) is 102 cm³/mol. The Kier molecular flexibility index (Phi) is 4.79. The van der Waals surface area contributed by atoms with Gasteiger partial charge in [-0.1, -0.05) is 29.3 Å². The van der Waals surface area contributed by atoms with E-state index in [9.17, 15) is 4.79 Å². The topological polar surface area (TPSA) is 53.4 Å². The first-order valence-corrected chi connectivity index (χ1v) is 9.39. The lowest BCUT2D eigenvalue weighted by molar-refractivity contribution is -0.138. The number of carbonyl (C=O) groups is 1. The number of halogens is 1. The van der Waals surface area contributed by atoms with E-state index in [1.807, 2.05) is 23.2 Å². The van der Waals surface area contributed by atoms with Crippen molar-refractivity contribution in [3.8, 4) is 0 Å². The molecule has 1 saturated heterocycles. The zero-order valence-corrected chi connectivity index (χ0v) is 15.3. The van der Waals surface area contributed by atoms with Crippen molar-refractivity contribution in [2.24, 2.45) is 0 Å². The van der Waals surface area contributed by atoms with Gasteiger partial charge in [0.25, 0.3) is 0 Å². The summed E-state index contributed by atoms with van der Waals surface area (Å²) in [4.78, 5) is 17.7. The molecule has 0 atom stereocenters. The van der Waals surface area contributed by atoms with Crippen molar-refractivity contribution in [2.45, 2.75) is 25.7 Å². The summed E-state index contributed by atoms with van der Waals surface area (Å²) >= 11 is 6.25. The number of carboxylic acids is 1. The maximum atomic E-state index is 11.0. The van der Waals surface area contributed by atoms with Gasteiger partial charge < -0.3 is 5.11 Å². The van der Waals surface area contributed by atoms with Gasteiger partial charge in [0.2, 0.25) is 0 Å². The lowest BCUT2D eigenvalue weighted by Crippen LogP contribution is -2.35. The molecule has 5 heteroatoms. The molecule has 1 N–H and O–H groups in total. The lowest BCUT2D eigenvalue weighted by Gasteiger charge is -2.29. The first-order valence-electron chi connectivity index (χ1n) is 9.01. The minimum Gasteiger partial charge on any atom is -0.480 e. The van der Waals surface area contributed by atoms with Crippen LogP contribution in [0.5, 0.6) is 0 Å². The van der Waals surface area contributed by atoms with Crippen LogP contribution in [0, 0.1) is 0 Å². The van der Waals surface area contributed by atoms with E-state index >= 15 is 0 Å². The molecule has 2 aliphatic rings. The van der Waals surface area contributed by atoms with Crippen LogP contribution in [0.1, 0.15) is 35.2 Å². The summed E-state index contributed by atoms with van der Waals surface area (Å²) in [6.45, 7) is 1.66. The highest BCUT2D eigenvalue weighted by molar-refractivity contribution is 6.30.